The molecule has 0 radical (unpaired) electrons. The summed E-state index contributed by atoms with van der Waals surface area (Å²) >= 11 is 0. The molecule has 1 amide bonds. The van der Waals surface area contributed by atoms with Crippen LogP contribution in [0.3, 0.4) is 0 Å². The number of likely N-dealkylation sites (tertiary alicyclic amines) is 1. The predicted molar refractivity (Wildman–Crippen MR) is 77.2 cm³/mol. The molecule has 4 nitrogen and oxygen atoms in total. The smallest absolute Gasteiger partial charge is 0.239 e. The van der Waals surface area contributed by atoms with E-state index in [9.17, 15) is 9.90 Å². The number of carbonyl (C=O) groups excluding carboxylic acids is 1. The van der Waals surface area contributed by atoms with Crippen LogP contribution in [0.1, 0.15) is 18.4 Å². The minimum Gasteiger partial charge on any atom is -0.393 e. The van der Waals surface area contributed by atoms with E-state index in [0.29, 0.717) is 32.4 Å². The van der Waals surface area contributed by atoms with Gasteiger partial charge in [-0.2, -0.15) is 0 Å². The normalized spacial score (nSPS) is 17.7. The number of halogens is 1. The summed E-state index contributed by atoms with van der Waals surface area (Å²) in [5.41, 5.74) is 7.04. The van der Waals surface area contributed by atoms with Gasteiger partial charge in [0.1, 0.15) is 0 Å². The molecule has 1 aromatic carbocycles. The number of piperidine rings is 1. The summed E-state index contributed by atoms with van der Waals surface area (Å²) in [6.07, 6.45) is 1.62. The van der Waals surface area contributed by atoms with Crippen LogP contribution in [0.4, 0.5) is 0 Å². The van der Waals surface area contributed by atoms with Crippen LogP contribution in [0.15, 0.2) is 30.3 Å². The number of carbonyl (C=O) groups is 1. The number of nitrogens with zero attached hydrogens (tertiary/aromatic N) is 1. The average Bonchev–Trinajstić information content (AvgIpc) is 2.40. The van der Waals surface area contributed by atoms with E-state index in [1.54, 1.807) is 4.90 Å². The van der Waals surface area contributed by atoms with Crippen molar-refractivity contribution in [1.82, 2.24) is 4.90 Å². The first-order valence-electron chi connectivity index (χ1n) is 6.43. The molecular weight excluding hydrogens is 264 g/mol. The zero-order valence-corrected chi connectivity index (χ0v) is 11.7. The Bertz CT molecular complexity index is 392. The third-order valence-corrected chi connectivity index (χ3v) is 3.39. The van der Waals surface area contributed by atoms with Gasteiger partial charge in [0, 0.05) is 13.1 Å². The standard InChI is InChI=1S/C14H20N2O2.ClH/c15-13(10-11-4-2-1-3-5-11)14(18)16-8-6-12(17)7-9-16;/h1-5,12-13,17H,6-10,15H2;1H. The molecule has 2 rings (SSSR count). The fourth-order valence-electron chi connectivity index (χ4n) is 2.28. The summed E-state index contributed by atoms with van der Waals surface area (Å²) in [4.78, 5) is 13.9. The Hall–Kier alpha value is -1.10. The first-order chi connectivity index (χ1) is 8.66. The molecule has 5 heteroatoms. The Kier molecular flexibility index (Phi) is 6.28. The topological polar surface area (TPSA) is 66.6 Å². The van der Waals surface area contributed by atoms with Crippen LogP contribution in [-0.4, -0.2) is 41.1 Å². The number of rotatable bonds is 3. The summed E-state index contributed by atoms with van der Waals surface area (Å²) in [5, 5.41) is 9.41. The highest BCUT2D eigenvalue weighted by Crippen LogP contribution is 2.12. The Labute approximate surface area is 120 Å². The van der Waals surface area contributed by atoms with Gasteiger partial charge in [0.15, 0.2) is 0 Å². The second-order valence-corrected chi connectivity index (χ2v) is 4.85. The van der Waals surface area contributed by atoms with Gasteiger partial charge in [-0.3, -0.25) is 4.79 Å². The second-order valence-electron chi connectivity index (χ2n) is 4.85. The van der Waals surface area contributed by atoms with E-state index in [-0.39, 0.29) is 24.4 Å². The fraction of sp³-hybridized carbons (Fsp3) is 0.500. The number of aliphatic hydroxyl groups excluding tert-OH is 1. The molecule has 0 saturated carbocycles. The summed E-state index contributed by atoms with van der Waals surface area (Å²) in [6.45, 7) is 1.23. The highest BCUT2D eigenvalue weighted by Gasteiger charge is 2.25. The first kappa shape index (κ1) is 16.0. The number of nitrogens with two attached hydrogens (primary N) is 1. The number of hydrogen-bond acceptors (Lipinski definition) is 3. The van der Waals surface area contributed by atoms with Gasteiger partial charge in [0.2, 0.25) is 5.91 Å². The van der Waals surface area contributed by atoms with E-state index in [1.807, 2.05) is 30.3 Å². The molecule has 0 aromatic heterocycles. The minimum atomic E-state index is -0.484. The minimum absolute atomic E-state index is 0. The highest BCUT2D eigenvalue weighted by molar-refractivity contribution is 5.85. The van der Waals surface area contributed by atoms with E-state index < -0.39 is 6.04 Å². The van der Waals surface area contributed by atoms with Crippen LogP contribution in [-0.2, 0) is 11.2 Å². The molecule has 1 fully saturated rings. The van der Waals surface area contributed by atoms with Gasteiger partial charge in [-0.05, 0) is 24.8 Å². The zero-order valence-electron chi connectivity index (χ0n) is 10.9. The number of amides is 1. The first-order valence-corrected chi connectivity index (χ1v) is 6.43. The van der Waals surface area contributed by atoms with Crippen molar-refractivity contribution in [3.8, 4) is 0 Å². The van der Waals surface area contributed by atoms with Crippen molar-refractivity contribution in [2.45, 2.75) is 31.4 Å². The average molecular weight is 285 g/mol. The lowest BCUT2D eigenvalue weighted by Gasteiger charge is -2.31. The van der Waals surface area contributed by atoms with Gasteiger partial charge in [-0.1, -0.05) is 30.3 Å². The number of hydrogen-bond donors (Lipinski definition) is 2. The Morgan fingerprint density at radius 3 is 2.47 bits per heavy atom. The van der Waals surface area contributed by atoms with E-state index in [0.717, 1.165) is 5.56 Å². The van der Waals surface area contributed by atoms with E-state index in [2.05, 4.69) is 0 Å². The Balaban J connectivity index is 0.00000180. The maximum absolute atomic E-state index is 12.1. The lowest BCUT2D eigenvalue weighted by atomic mass is 10.0. The van der Waals surface area contributed by atoms with Gasteiger partial charge >= 0.3 is 0 Å². The van der Waals surface area contributed by atoms with Gasteiger partial charge in [-0.15, -0.1) is 12.4 Å². The Morgan fingerprint density at radius 1 is 1.32 bits per heavy atom. The van der Waals surface area contributed by atoms with Crippen molar-refractivity contribution in [3.05, 3.63) is 35.9 Å². The lowest BCUT2D eigenvalue weighted by molar-refractivity contribution is -0.134. The zero-order chi connectivity index (χ0) is 13.0. The predicted octanol–water partition coefficient (Wildman–Crippen LogP) is 0.961. The number of benzene rings is 1. The number of aliphatic hydroxyl groups is 1. The lowest BCUT2D eigenvalue weighted by Crippen LogP contribution is -2.48. The molecule has 1 aromatic rings. The molecule has 0 spiro atoms. The largest absolute Gasteiger partial charge is 0.393 e. The van der Waals surface area contributed by atoms with Crippen molar-refractivity contribution in [1.29, 1.82) is 0 Å². The van der Waals surface area contributed by atoms with Crippen LogP contribution < -0.4 is 5.73 Å². The SMILES string of the molecule is Cl.NC(Cc1ccccc1)C(=O)N1CCC(O)CC1. The van der Waals surface area contributed by atoms with Crippen LogP contribution in [0, 0.1) is 0 Å². The molecule has 1 saturated heterocycles. The van der Waals surface area contributed by atoms with Crippen molar-refractivity contribution in [2.24, 2.45) is 5.73 Å². The van der Waals surface area contributed by atoms with E-state index >= 15 is 0 Å². The molecule has 3 N–H and O–H groups in total. The summed E-state index contributed by atoms with van der Waals surface area (Å²) in [7, 11) is 0. The maximum atomic E-state index is 12.1. The molecule has 1 heterocycles. The van der Waals surface area contributed by atoms with Crippen LogP contribution in [0.2, 0.25) is 0 Å². The van der Waals surface area contributed by atoms with Gasteiger partial charge < -0.3 is 15.7 Å². The molecule has 0 bridgehead atoms. The van der Waals surface area contributed by atoms with Gasteiger partial charge in [-0.25, -0.2) is 0 Å². The third-order valence-electron chi connectivity index (χ3n) is 3.39. The molecule has 106 valence electrons. The quantitative estimate of drug-likeness (QED) is 0.869. The van der Waals surface area contributed by atoms with Crippen molar-refractivity contribution in [2.75, 3.05) is 13.1 Å². The van der Waals surface area contributed by atoms with E-state index in [4.69, 9.17) is 5.73 Å². The molecule has 1 unspecified atom stereocenters. The molecule has 1 atom stereocenters. The summed E-state index contributed by atoms with van der Waals surface area (Å²) in [6, 6.07) is 9.32. The van der Waals surface area contributed by atoms with Crippen molar-refractivity contribution >= 4 is 18.3 Å². The molecule has 19 heavy (non-hydrogen) atoms. The van der Waals surface area contributed by atoms with Crippen LogP contribution >= 0.6 is 12.4 Å². The highest BCUT2D eigenvalue weighted by atomic mass is 35.5. The molecule has 0 aliphatic carbocycles. The van der Waals surface area contributed by atoms with E-state index in [1.165, 1.54) is 0 Å². The molecule has 1 aliphatic rings. The molecule has 1 aliphatic heterocycles. The molecular formula is C14H21ClN2O2. The Morgan fingerprint density at radius 2 is 1.89 bits per heavy atom. The summed E-state index contributed by atoms with van der Waals surface area (Å²) in [5.74, 6) is -0.00856. The monoisotopic (exact) mass is 284 g/mol. The second kappa shape index (κ2) is 7.48. The van der Waals surface area contributed by atoms with Crippen LogP contribution in [0.25, 0.3) is 0 Å². The van der Waals surface area contributed by atoms with Gasteiger partial charge in [0.05, 0.1) is 12.1 Å². The van der Waals surface area contributed by atoms with Crippen molar-refractivity contribution < 1.29 is 9.90 Å². The fourth-order valence-corrected chi connectivity index (χ4v) is 2.28. The summed E-state index contributed by atoms with van der Waals surface area (Å²) < 4.78 is 0. The van der Waals surface area contributed by atoms with Crippen molar-refractivity contribution in [3.63, 3.8) is 0 Å². The van der Waals surface area contributed by atoms with Gasteiger partial charge in [0.25, 0.3) is 0 Å². The third kappa shape index (κ3) is 4.49. The van der Waals surface area contributed by atoms with Crippen LogP contribution in [0.5, 0.6) is 0 Å². The maximum Gasteiger partial charge on any atom is 0.239 e.